The van der Waals surface area contributed by atoms with Gasteiger partial charge < -0.3 is 9.47 Å². The lowest BCUT2D eigenvalue weighted by molar-refractivity contribution is 0.768. The molecule has 1 unspecified atom stereocenters. The number of anilines is 3. The lowest BCUT2D eigenvalue weighted by Crippen LogP contribution is -2.28. The Morgan fingerprint density at radius 1 is 0.352 bits per heavy atom. The van der Waals surface area contributed by atoms with Gasteiger partial charge in [0.25, 0.3) is 0 Å². The second-order valence-electron chi connectivity index (χ2n) is 18.5. The summed E-state index contributed by atoms with van der Waals surface area (Å²) in [4.78, 5) is 2.47. The minimum atomic E-state index is -0.575. The number of aromatic nitrogens is 1. The zero-order valence-corrected chi connectivity index (χ0v) is 39.2. The van der Waals surface area contributed by atoms with E-state index in [1.165, 1.54) is 88.2 Å². The van der Waals surface area contributed by atoms with E-state index < -0.39 is 5.41 Å². The summed E-state index contributed by atoms with van der Waals surface area (Å²) in [5.74, 6) is 0. The molecule has 0 saturated heterocycles. The van der Waals surface area contributed by atoms with E-state index in [0.717, 1.165) is 33.9 Å². The fourth-order valence-corrected chi connectivity index (χ4v) is 11.5. The van der Waals surface area contributed by atoms with Crippen LogP contribution in [0.1, 0.15) is 33.4 Å². The Balaban J connectivity index is 1.02. The topological polar surface area (TPSA) is 8.17 Å². The normalized spacial score (nSPS) is 13.8. The smallest absolute Gasteiger partial charge is 0.0714 e. The summed E-state index contributed by atoms with van der Waals surface area (Å²) in [5.41, 5.74) is 20.6. The van der Waals surface area contributed by atoms with E-state index in [0.29, 0.717) is 0 Å². The maximum Gasteiger partial charge on any atom is 0.0714 e. The van der Waals surface area contributed by atoms with Crippen LogP contribution in [0.2, 0.25) is 0 Å². The van der Waals surface area contributed by atoms with Crippen LogP contribution in [0, 0.1) is 0 Å². The third-order valence-corrected chi connectivity index (χ3v) is 14.8. The standard InChI is InChI=1S/C69H48N2/c1-3-47-27-34-53(35-28-47)69(52-19-9-6-10-20-52)64-25-15-13-22-59(64)60-41-40-56(46-65(60)69)70(54-38-31-50(32-39-54)49-17-7-5-8-18-49)67-44-42-57(58-21-11-12-23-61(58)67)51-33-43-68-63(45-51)62-24-14-16-26-66(62)71(68)55-36-29-48(4-2)30-37-55/h3-46H,1-2H2. The number of rotatable bonds is 10. The zero-order chi connectivity index (χ0) is 47.5. The van der Waals surface area contributed by atoms with Crippen molar-refractivity contribution in [2.45, 2.75) is 5.41 Å². The first-order valence-corrected chi connectivity index (χ1v) is 24.4. The molecule has 2 nitrogen and oxygen atoms in total. The van der Waals surface area contributed by atoms with Crippen LogP contribution in [0.15, 0.2) is 268 Å². The molecule has 71 heavy (non-hydrogen) atoms. The lowest BCUT2D eigenvalue weighted by Gasteiger charge is -2.35. The molecule has 11 aromatic carbocycles. The van der Waals surface area contributed by atoms with Crippen LogP contribution in [0.25, 0.3) is 83.8 Å². The summed E-state index contributed by atoms with van der Waals surface area (Å²) in [6.45, 7) is 8.07. The molecule has 0 spiro atoms. The van der Waals surface area contributed by atoms with Crippen LogP contribution in [0.4, 0.5) is 17.1 Å². The van der Waals surface area contributed by atoms with Crippen molar-refractivity contribution >= 4 is 61.8 Å². The Labute approximate surface area is 415 Å². The summed E-state index contributed by atoms with van der Waals surface area (Å²) >= 11 is 0. The largest absolute Gasteiger partial charge is 0.310 e. The van der Waals surface area contributed by atoms with Crippen molar-refractivity contribution < 1.29 is 0 Å². The minimum absolute atomic E-state index is 0.575. The molecule has 1 aliphatic carbocycles. The zero-order valence-electron chi connectivity index (χ0n) is 39.2. The highest BCUT2D eigenvalue weighted by Gasteiger charge is 2.46. The summed E-state index contributed by atoms with van der Waals surface area (Å²) in [5, 5.41) is 4.80. The molecule has 0 fully saturated rings. The van der Waals surface area contributed by atoms with Crippen LogP contribution in [-0.4, -0.2) is 4.57 Å². The van der Waals surface area contributed by atoms with Crippen LogP contribution in [0.5, 0.6) is 0 Å². The maximum atomic E-state index is 4.09. The van der Waals surface area contributed by atoms with E-state index in [1.54, 1.807) is 0 Å². The fourth-order valence-electron chi connectivity index (χ4n) is 11.5. The summed E-state index contributed by atoms with van der Waals surface area (Å²) in [7, 11) is 0. The predicted octanol–water partition coefficient (Wildman–Crippen LogP) is 18.4. The third kappa shape index (κ3) is 6.71. The van der Waals surface area contributed by atoms with Gasteiger partial charge in [-0.1, -0.05) is 219 Å². The molecular weight excluding hydrogens is 857 g/mol. The van der Waals surface area contributed by atoms with Crippen molar-refractivity contribution in [3.8, 4) is 39.1 Å². The Morgan fingerprint density at radius 3 is 1.65 bits per heavy atom. The number of hydrogen-bond acceptors (Lipinski definition) is 1. The number of fused-ring (bicyclic) bond motifs is 7. The first-order chi connectivity index (χ1) is 35.1. The highest BCUT2D eigenvalue weighted by atomic mass is 15.1. The first-order valence-electron chi connectivity index (χ1n) is 24.4. The second-order valence-corrected chi connectivity index (χ2v) is 18.5. The van der Waals surface area contributed by atoms with Crippen molar-refractivity contribution in [2.24, 2.45) is 0 Å². The summed E-state index contributed by atoms with van der Waals surface area (Å²) < 4.78 is 2.38. The molecule has 1 heterocycles. The fraction of sp³-hybridized carbons (Fsp3) is 0.0145. The van der Waals surface area contributed by atoms with E-state index in [4.69, 9.17) is 0 Å². The average molecular weight is 905 g/mol. The first kappa shape index (κ1) is 41.9. The molecule has 1 aromatic heterocycles. The van der Waals surface area contributed by atoms with E-state index >= 15 is 0 Å². The molecule has 0 N–H and O–H groups in total. The van der Waals surface area contributed by atoms with Gasteiger partial charge in [-0.3, -0.25) is 0 Å². The highest BCUT2D eigenvalue weighted by molar-refractivity contribution is 6.12. The number of nitrogens with zero attached hydrogens (tertiary/aromatic N) is 2. The molecule has 0 aliphatic heterocycles. The minimum Gasteiger partial charge on any atom is -0.310 e. The number of benzene rings is 11. The number of hydrogen-bond donors (Lipinski definition) is 0. The molecule has 1 atom stereocenters. The van der Waals surface area contributed by atoms with Crippen molar-refractivity contribution in [1.82, 2.24) is 4.57 Å². The SMILES string of the molecule is C=Cc1ccc(-n2c3ccccc3c3cc(-c4ccc(N(c5ccc(-c6ccccc6)cc5)c5ccc6c(c5)C(c5ccccc5)(c5ccc(C=C)cc5)c5ccccc5-6)c5ccccc45)ccc32)cc1. The van der Waals surface area contributed by atoms with Crippen LogP contribution in [-0.2, 0) is 5.41 Å². The Kier molecular flexibility index (Phi) is 10.1. The Bertz CT molecular complexity index is 3990. The van der Waals surface area contributed by atoms with Gasteiger partial charge >= 0.3 is 0 Å². The van der Waals surface area contributed by atoms with Crippen molar-refractivity contribution in [2.75, 3.05) is 4.90 Å². The molecular formula is C69H48N2. The van der Waals surface area contributed by atoms with E-state index in [1.807, 2.05) is 12.2 Å². The monoisotopic (exact) mass is 904 g/mol. The van der Waals surface area contributed by atoms with Crippen LogP contribution in [0.3, 0.4) is 0 Å². The van der Waals surface area contributed by atoms with Crippen LogP contribution < -0.4 is 4.90 Å². The van der Waals surface area contributed by atoms with Gasteiger partial charge in [-0.05, 0) is 133 Å². The van der Waals surface area contributed by atoms with E-state index in [9.17, 15) is 0 Å². The Morgan fingerprint density at radius 2 is 0.901 bits per heavy atom. The maximum absolute atomic E-state index is 4.09. The quantitative estimate of drug-likeness (QED) is 0.133. The molecule has 0 radical (unpaired) electrons. The van der Waals surface area contributed by atoms with Gasteiger partial charge in [-0.25, -0.2) is 0 Å². The van der Waals surface area contributed by atoms with Gasteiger partial charge in [-0.15, -0.1) is 0 Å². The van der Waals surface area contributed by atoms with Gasteiger partial charge in [0, 0.05) is 33.2 Å². The predicted molar refractivity (Wildman–Crippen MR) is 301 cm³/mol. The third-order valence-electron chi connectivity index (χ3n) is 14.8. The molecule has 1 aliphatic rings. The van der Waals surface area contributed by atoms with Gasteiger partial charge in [-0.2, -0.15) is 0 Å². The Hall–Kier alpha value is -9.24. The second kappa shape index (κ2) is 17.1. The van der Waals surface area contributed by atoms with Crippen molar-refractivity contribution in [1.29, 1.82) is 0 Å². The molecule has 0 bridgehead atoms. The molecule has 0 amide bonds. The summed E-state index contributed by atoms with van der Waals surface area (Å²) in [6, 6.07) is 93.8. The number of para-hydroxylation sites is 1. The highest BCUT2D eigenvalue weighted by Crippen LogP contribution is 2.57. The lowest BCUT2D eigenvalue weighted by atomic mass is 9.67. The van der Waals surface area contributed by atoms with Crippen LogP contribution >= 0.6 is 0 Å². The van der Waals surface area contributed by atoms with Gasteiger partial charge in [0.15, 0.2) is 0 Å². The molecule has 13 rings (SSSR count). The molecule has 2 heteroatoms. The van der Waals surface area contributed by atoms with Gasteiger partial charge in [0.1, 0.15) is 0 Å². The van der Waals surface area contributed by atoms with E-state index in [-0.39, 0.29) is 0 Å². The van der Waals surface area contributed by atoms with E-state index in [2.05, 4.69) is 277 Å². The average Bonchev–Trinajstić information content (AvgIpc) is 3.95. The van der Waals surface area contributed by atoms with Gasteiger partial charge in [0.2, 0.25) is 0 Å². The molecule has 0 saturated carbocycles. The molecule has 12 aromatic rings. The summed E-state index contributed by atoms with van der Waals surface area (Å²) in [6.07, 6.45) is 3.82. The van der Waals surface area contributed by atoms with Crippen molar-refractivity contribution in [3.63, 3.8) is 0 Å². The van der Waals surface area contributed by atoms with Gasteiger partial charge in [0.05, 0.1) is 22.1 Å². The van der Waals surface area contributed by atoms with Crippen molar-refractivity contribution in [3.05, 3.63) is 301 Å². The molecule has 334 valence electrons.